The number of anilines is 1. The van der Waals surface area contributed by atoms with Gasteiger partial charge >= 0.3 is 0 Å². The summed E-state index contributed by atoms with van der Waals surface area (Å²) in [5.41, 5.74) is 0.625. The minimum Gasteiger partial charge on any atom is -0.489 e. The van der Waals surface area contributed by atoms with Gasteiger partial charge in [-0.3, -0.25) is 4.79 Å². The van der Waals surface area contributed by atoms with Crippen LogP contribution in [0.5, 0.6) is 5.75 Å². The number of para-hydroxylation sites is 2. The molecule has 0 radical (unpaired) electrons. The van der Waals surface area contributed by atoms with Gasteiger partial charge in [0.2, 0.25) is 15.9 Å². The average Bonchev–Trinajstić information content (AvgIpc) is 2.99. The molecule has 1 aromatic carbocycles. The molecular weight excluding hydrogens is 372 g/mol. The van der Waals surface area contributed by atoms with Crippen molar-refractivity contribution in [3.63, 3.8) is 0 Å². The lowest BCUT2D eigenvalue weighted by Crippen LogP contribution is -2.37. The van der Waals surface area contributed by atoms with Crippen LogP contribution in [0, 0.1) is 6.92 Å². The Kier molecular flexibility index (Phi) is 6.80. The van der Waals surface area contributed by atoms with Crippen LogP contribution >= 0.6 is 11.3 Å². The molecule has 6 nitrogen and oxygen atoms in total. The molecule has 0 saturated carbocycles. The molecule has 0 atom stereocenters. The van der Waals surface area contributed by atoms with Gasteiger partial charge in [0, 0.05) is 24.9 Å². The quantitative estimate of drug-likeness (QED) is 0.744. The van der Waals surface area contributed by atoms with E-state index in [4.69, 9.17) is 4.74 Å². The van der Waals surface area contributed by atoms with Crippen molar-refractivity contribution in [1.82, 2.24) is 4.72 Å². The van der Waals surface area contributed by atoms with Gasteiger partial charge in [-0.15, -0.1) is 11.3 Å². The number of sulfonamides is 1. The Morgan fingerprint density at radius 3 is 2.50 bits per heavy atom. The maximum absolute atomic E-state index is 12.3. The highest BCUT2D eigenvalue weighted by Gasteiger charge is 2.19. The number of benzene rings is 1. The van der Waals surface area contributed by atoms with Crippen LogP contribution in [0.4, 0.5) is 5.69 Å². The highest BCUT2D eigenvalue weighted by molar-refractivity contribution is 7.91. The molecule has 0 fully saturated rings. The first kappa shape index (κ1) is 20.4. The van der Waals surface area contributed by atoms with Gasteiger partial charge in [0.15, 0.2) is 0 Å². The number of nitrogens with one attached hydrogen (secondary N) is 1. The second-order valence-corrected chi connectivity index (χ2v) is 9.35. The fourth-order valence-corrected chi connectivity index (χ4v) is 4.75. The van der Waals surface area contributed by atoms with Crippen LogP contribution in [-0.4, -0.2) is 33.5 Å². The third kappa shape index (κ3) is 5.30. The Balaban J connectivity index is 2.11. The summed E-state index contributed by atoms with van der Waals surface area (Å²) in [5.74, 6) is 0.408. The summed E-state index contributed by atoms with van der Waals surface area (Å²) in [6, 6.07) is 10.6. The van der Waals surface area contributed by atoms with E-state index in [0.29, 0.717) is 11.4 Å². The lowest BCUT2D eigenvalue weighted by molar-refractivity contribution is -0.116. The van der Waals surface area contributed by atoms with Crippen LogP contribution in [0.3, 0.4) is 0 Å². The van der Waals surface area contributed by atoms with Crippen molar-refractivity contribution in [2.45, 2.75) is 38.0 Å². The lowest BCUT2D eigenvalue weighted by atomic mass is 10.2. The highest BCUT2D eigenvalue weighted by Crippen LogP contribution is 2.29. The summed E-state index contributed by atoms with van der Waals surface area (Å²) < 4.78 is 33.2. The average molecular weight is 397 g/mol. The molecule has 0 spiro atoms. The van der Waals surface area contributed by atoms with Crippen molar-refractivity contribution in [2.75, 3.05) is 18.0 Å². The van der Waals surface area contributed by atoms with E-state index in [0.717, 1.165) is 4.88 Å². The van der Waals surface area contributed by atoms with Gasteiger partial charge < -0.3 is 9.64 Å². The normalized spacial score (nSPS) is 11.6. The maximum Gasteiger partial charge on any atom is 0.250 e. The number of aryl methyl sites for hydroxylation is 1. The molecule has 0 unspecified atom stereocenters. The van der Waals surface area contributed by atoms with E-state index < -0.39 is 10.0 Å². The number of amides is 1. The molecule has 2 rings (SSSR count). The Bertz CT molecular complexity index is 860. The Hall–Kier alpha value is -1.90. The summed E-state index contributed by atoms with van der Waals surface area (Å²) in [6.45, 7) is 7.43. The fourth-order valence-electron chi connectivity index (χ4n) is 2.40. The fraction of sp³-hybridized carbons (Fsp3) is 0.389. The number of rotatable bonds is 8. The molecule has 1 N–H and O–H groups in total. The molecule has 1 heterocycles. The van der Waals surface area contributed by atoms with Crippen molar-refractivity contribution >= 4 is 33.0 Å². The third-order valence-electron chi connectivity index (χ3n) is 3.51. The Morgan fingerprint density at radius 1 is 1.23 bits per heavy atom. The lowest BCUT2D eigenvalue weighted by Gasteiger charge is -2.24. The van der Waals surface area contributed by atoms with Crippen LogP contribution in [0.15, 0.2) is 40.6 Å². The molecule has 0 aliphatic rings. The minimum absolute atomic E-state index is 0.0365. The minimum atomic E-state index is -3.57. The summed E-state index contributed by atoms with van der Waals surface area (Å²) in [5, 5.41) is 0. The topological polar surface area (TPSA) is 75.7 Å². The van der Waals surface area contributed by atoms with E-state index in [-0.39, 0.29) is 29.3 Å². The maximum atomic E-state index is 12.3. The molecule has 0 saturated heterocycles. The zero-order chi connectivity index (χ0) is 19.3. The van der Waals surface area contributed by atoms with E-state index in [1.165, 1.54) is 23.2 Å². The number of thiophene rings is 1. The smallest absolute Gasteiger partial charge is 0.250 e. The van der Waals surface area contributed by atoms with E-state index in [2.05, 4.69) is 4.72 Å². The van der Waals surface area contributed by atoms with Gasteiger partial charge in [-0.2, -0.15) is 0 Å². The van der Waals surface area contributed by atoms with Gasteiger partial charge in [0.25, 0.3) is 0 Å². The first-order valence-electron chi connectivity index (χ1n) is 8.30. The molecule has 1 aromatic heterocycles. The predicted octanol–water partition coefficient (Wildman–Crippen LogP) is 3.18. The Labute approximate surface area is 158 Å². The monoisotopic (exact) mass is 396 g/mol. The van der Waals surface area contributed by atoms with Gasteiger partial charge in [0.1, 0.15) is 9.96 Å². The van der Waals surface area contributed by atoms with E-state index in [9.17, 15) is 13.2 Å². The molecule has 0 aliphatic carbocycles. The number of nitrogens with zero attached hydrogens (tertiary/aromatic N) is 1. The molecule has 0 bridgehead atoms. The molecule has 0 aliphatic heterocycles. The standard InChI is InChI=1S/C18H24N2O4S2/c1-13(2)24-17-8-6-5-7-16(17)20(15(4)21)12-11-19-26(22,23)18-10-9-14(3)25-18/h5-10,13,19H,11-12H2,1-4H3. The predicted molar refractivity (Wildman–Crippen MR) is 104 cm³/mol. The second kappa shape index (κ2) is 8.66. The summed E-state index contributed by atoms with van der Waals surface area (Å²) in [4.78, 5) is 14.5. The number of hydrogen-bond donors (Lipinski definition) is 1. The van der Waals surface area contributed by atoms with E-state index in [1.54, 1.807) is 24.3 Å². The second-order valence-electron chi connectivity index (χ2n) is 6.07. The zero-order valence-corrected chi connectivity index (χ0v) is 17.0. The number of carbonyl (C=O) groups excluding carboxylic acids is 1. The highest BCUT2D eigenvalue weighted by atomic mass is 32.2. The van der Waals surface area contributed by atoms with E-state index >= 15 is 0 Å². The van der Waals surface area contributed by atoms with Crippen molar-refractivity contribution < 1.29 is 17.9 Å². The zero-order valence-electron chi connectivity index (χ0n) is 15.4. The number of carbonyl (C=O) groups is 1. The number of hydrogen-bond acceptors (Lipinski definition) is 5. The van der Waals surface area contributed by atoms with Crippen molar-refractivity contribution in [3.8, 4) is 5.75 Å². The van der Waals surface area contributed by atoms with Gasteiger partial charge in [-0.1, -0.05) is 12.1 Å². The summed E-state index contributed by atoms with van der Waals surface area (Å²) >= 11 is 1.21. The van der Waals surface area contributed by atoms with Crippen molar-refractivity contribution in [1.29, 1.82) is 0 Å². The van der Waals surface area contributed by atoms with Crippen LogP contribution in [0.25, 0.3) is 0 Å². The van der Waals surface area contributed by atoms with Crippen LogP contribution in [-0.2, 0) is 14.8 Å². The largest absolute Gasteiger partial charge is 0.489 e. The molecule has 2 aromatic rings. The molecule has 26 heavy (non-hydrogen) atoms. The van der Waals surface area contributed by atoms with Gasteiger partial charge in [-0.05, 0) is 45.0 Å². The SMILES string of the molecule is CC(=O)N(CCNS(=O)(=O)c1ccc(C)s1)c1ccccc1OC(C)C. The van der Waals surface area contributed by atoms with Crippen molar-refractivity contribution in [2.24, 2.45) is 0 Å². The first-order valence-corrected chi connectivity index (χ1v) is 10.6. The number of ether oxygens (including phenoxy) is 1. The van der Waals surface area contributed by atoms with Crippen LogP contribution in [0.2, 0.25) is 0 Å². The first-order chi connectivity index (χ1) is 12.2. The third-order valence-corrected chi connectivity index (χ3v) is 6.46. The Morgan fingerprint density at radius 2 is 1.92 bits per heavy atom. The van der Waals surface area contributed by atoms with E-state index in [1.807, 2.05) is 32.9 Å². The summed E-state index contributed by atoms with van der Waals surface area (Å²) in [7, 11) is -3.57. The van der Waals surface area contributed by atoms with Crippen LogP contribution < -0.4 is 14.4 Å². The molecule has 1 amide bonds. The summed E-state index contributed by atoms with van der Waals surface area (Å²) in [6.07, 6.45) is -0.0365. The molecule has 8 heteroatoms. The van der Waals surface area contributed by atoms with Crippen molar-refractivity contribution in [3.05, 3.63) is 41.3 Å². The van der Waals surface area contributed by atoms with Gasteiger partial charge in [-0.25, -0.2) is 13.1 Å². The molecule has 142 valence electrons. The van der Waals surface area contributed by atoms with Gasteiger partial charge in [0.05, 0.1) is 11.8 Å². The van der Waals surface area contributed by atoms with Crippen LogP contribution in [0.1, 0.15) is 25.6 Å². The molecular formula is C18H24N2O4S2.